The van der Waals surface area contributed by atoms with Gasteiger partial charge < -0.3 is 15.9 Å². The van der Waals surface area contributed by atoms with Gasteiger partial charge in [-0.25, -0.2) is 0 Å². The molecule has 1 heterocycles. The fraction of sp³-hybridized carbons (Fsp3) is 0.571. The number of likely N-dealkylation sites (tertiary alicyclic amines) is 1. The van der Waals surface area contributed by atoms with E-state index in [0.717, 1.165) is 18.7 Å². The highest BCUT2D eigenvalue weighted by Gasteiger charge is 2.27. The molecule has 0 saturated carbocycles. The summed E-state index contributed by atoms with van der Waals surface area (Å²) < 4.78 is 0. The van der Waals surface area contributed by atoms with Gasteiger partial charge in [-0.1, -0.05) is 13.0 Å². The Hall–Kier alpha value is -1.26. The van der Waals surface area contributed by atoms with Crippen molar-refractivity contribution in [3.63, 3.8) is 0 Å². The Morgan fingerprint density at radius 3 is 2.78 bits per heavy atom. The first-order valence-corrected chi connectivity index (χ1v) is 6.56. The van der Waals surface area contributed by atoms with Crippen molar-refractivity contribution in [1.82, 2.24) is 4.90 Å². The summed E-state index contributed by atoms with van der Waals surface area (Å²) in [5, 5.41) is 18.8. The largest absolute Gasteiger partial charge is 0.504 e. The van der Waals surface area contributed by atoms with Crippen LogP contribution in [0.5, 0.6) is 11.5 Å². The van der Waals surface area contributed by atoms with E-state index in [1.807, 2.05) is 6.07 Å². The van der Waals surface area contributed by atoms with Gasteiger partial charge in [-0.05, 0) is 43.0 Å². The number of piperidine rings is 1. The molecule has 1 aliphatic rings. The van der Waals surface area contributed by atoms with Gasteiger partial charge in [-0.15, -0.1) is 0 Å². The van der Waals surface area contributed by atoms with Gasteiger partial charge in [0.25, 0.3) is 0 Å². The van der Waals surface area contributed by atoms with E-state index in [4.69, 9.17) is 5.73 Å². The van der Waals surface area contributed by atoms with E-state index < -0.39 is 0 Å². The van der Waals surface area contributed by atoms with Crippen LogP contribution >= 0.6 is 0 Å². The second-order valence-electron chi connectivity index (χ2n) is 5.22. The monoisotopic (exact) mass is 250 g/mol. The number of benzene rings is 1. The van der Waals surface area contributed by atoms with Gasteiger partial charge in [0, 0.05) is 19.1 Å². The maximum absolute atomic E-state index is 9.51. The number of phenolic OH excluding ortho intramolecular Hbond substituents is 2. The van der Waals surface area contributed by atoms with Crippen molar-refractivity contribution < 1.29 is 10.2 Å². The van der Waals surface area contributed by atoms with Crippen LogP contribution < -0.4 is 5.73 Å². The van der Waals surface area contributed by atoms with Crippen molar-refractivity contribution in [2.24, 2.45) is 11.7 Å². The minimum absolute atomic E-state index is 0.0538. The van der Waals surface area contributed by atoms with Gasteiger partial charge in [0.05, 0.1) is 0 Å². The molecular weight excluding hydrogens is 228 g/mol. The summed E-state index contributed by atoms with van der Waals surface area (Å²) in [6, 6.07) is 5.43. The molecule has 2 unspecified atom stereocenters. The summed E-state index contributed by atoms with van der Waals surface area (Å²) >= 11 is 0. The summed E-state index contributed by atoms with van der Waals surface area (Å²) in [5.41, 5.74) is 6.87. The highest BCUT2D eigenvalue weighted by Crippen LogP contribution is 2.28. The Morgan fingerprint density at radius 2 is 2.11 bits per heavy atom. The van der Waals surface area contributed by atoms with Gasteiger partial charge in [-0.3, -0.25) is 4.90 Å². The van der Waals surface area contributed by atoms with Crippen LogP contribution in [-0.4, -0.2) is 34.2 Å². The first kappa shape index (κ1) is 13.2. The average Bonchev–Trinajstić information content (AvgIpc) is 2.34. The van der Waals surface area contributed by atoms with E-state index in [1.165, 1.54) is 18.9 Å². The number of nitrogens with two attached hydrogens (primary N) is 1. The summed E-state index contributed by atoms with van der Waals surface area (Å²) in [6.07, 6.45) is 2.43. The van der Waals surface area contributed by atoms with Crippen LogP contribution in [0.3, 0.4) is 0 Å². The standard InChI is InChI=1S/C14H22N2O2/c1-10-3-2-6-16(12(10)8-15)9-11-4-5-13(17)14(18)7-11/h4-5,7,10,12,17-18H,2-3,6,8-9,15H2,1H3. The van der Waals surface area contributed by atoms with Crippen molar-refractivity contribution in [2.45, 2.75) is 32.4 Å². The molecule has 1 fully saturated rings. The lowest BCUT2D eigenvalue weighted by Gasteiger charge is -2.39. The predicted octanol–water partition coefficient (Wildman–Crippen LogP) is 1.66. The first-order chi connectivity index (χ1) is 8.61. The van der Waals surface area contributed by atoms with E-state index in [1.54, 1.807) is 6.07 Å². The van der Waals surface area contributed by atoms with Crippen molar-refractivity contribution in [3.8, 4) is 11.5 Å². The highest BCUT2D eigenvalue weighted by atomic mass is 16.3. The second-order valence-corrected chi connectivity index (χ2v) is 5.22. The molecule has 100 valence electrons. The molecule has 0 aromatic heterocycles. The van der Waals surface area contributed by atoms with Crippen LogP contribution in [0.4, 0.5) is 0 Å². The first-order valence-electron chi connectivity index (χ1n) is 6.56. The van der Waals surface area contributed by atoms with Gasteiger partial charge >= 0.3 is 0 Å². The molecule has 1 saturated heterocycles. The van der Waals surface area contributed by atoms with E-state index in [0.29, 0.717) is 18.5 Å². The topological polar surface area (TPSA) is 69.7 Å². The maximum atomic E-state index is 9.51. The van der Waals surface area contributed by atoms with Crippen LogP contribution in [0.2, 0.25) is 0 Å². The smallest absolute Gasteiger partial charge is 0.157 e. The van der Waals surface area contributed by atoms with E-state index in [-0.39, 0.29) is 11.5 Å². The van der Waals surface area contributed by atoms with Crippen molar-refractivity contribution >= 4 is 0 Å². The zero-order valence-corrected chi connectivity index (χ0v) is 10.8. The average molecular weight is 250 g/mol. The SMILES string of the molecule is CC1CCCN(Cc2ccc(O)c(O)c2)C1CN. The Bertz CT molecular complexity index is 409. The van der Waals surface area contributed by atoms with E-state index in [9.17, 15) is 10.2 Å². The van der Waals surface area contributed by atoms with Crippen LogP contribution in [-0.2, 0) is 6.54 Å². The molecule has 2 atom stereocenters. The predicted molar refractivity (Wildman–Crippen MR) is 71.4 cm³/mol. The van der Waals surface area contributed by atoms with Crippen LogP contribution in [0, 0.1) is 5.92 Å². The maximum Gasteiger partial charge on any atom is 0.157 e. The fourth-order valence-corrected chi connectivity index (χ4v) is 2.81. The molecule has 0 spiro atoms. The molecule has 4 N–H and O–H groups in total. The van der Waals surface area contributed by atoms with Gasteiger partial charge in [0.1, 0.15) is 0 Å². The molecular formula is C14H22N2O2. The van der Waals surface area contributed by atoms with E-state index >= 15 is 0 Å². The Kier molecular flexibility index (Phi) is 4.09. The zero-order valence-electron chi connectivity index (χ0n) is 10.8. The van der Waals surface area contributed by atoms with Crippen molar-refractivity contribution in [1.29, 1.82) is 0 Å². The van der Waals surface area contributed by atoms with E-state index in [2.05, 4.69) is 11.8 Å². The Morgan fingerprint density at radius 1 is 1.33 bits per heavy atom. The van der Waals surface area contributed by atoms with Crippen molar-refractivity contribution in [2.75, 3.05) is 13.1 Å². The number of rotatable bonds is 3. The molecule has 4 heteroatoms. The summed E-state index contributed by atoms with van der Waals surface area (Å²) in [5.74, 6) is 0.498. The fourth-order valence-electron chi connectivity index (χ4n) is 2.81. The van der Waals surface area contributed by atoms with Crippen LogP contribution in [0.1, 0.15) is 25.3 Å². The Balaban J connectivity index is 2.09. The molecule has 2 rings (SSSR count). The molecule has 1 aliphatic heterocycles. The van der Waals surface area contributed by atoms with Crippen LogP contribution in [0.25, 0.3) is 0 Å². The summed E-state index contributed by atoms with van der Waals surface area (Å²) in [6.45, 7) is 4.75. The molecule has 4 nitrogen and oxygen atoms in total. The quantitative estimate of drug-likeness (QED) is 0.714. The van der Waals surface area contributed by atoms with Crippen molar-refractivity contribution in [3.05, 3.63) is 23.8 Å². The highest BCUT2D eigenvalue weighted by molar-refractivity contribution is 5.40. The molecule has 0 amide bonds. The minimum Gasteiger partial charge on any atom is -0.504 e. The lowest BCUT2D eigenvalue weighted by Crippen LogP contribution is -2.47. The van der Waals surface area contributed by atoms with Gasteiger partial charge in [0.2, 0.25) is 0 Å². The number of hydrogen-bond donors (Lipinski definition) is 3. The molecule has 0 bridgehead atoms. The van der Waals surface area contributed by atoms with Gasteiger partial charge in [-0.2, -0.15) is 0 Å². The molecule has 18 heavy (non-hydrogen) atoms. The third-order valence-corrected chi connectivity index (χ3v) is 3.90. The zero-order chi connectivity index (χ0) is 13.1. The van der Waals surface area contributed by atoms with Gasteiger partial charge in [0.15, 0.2) is 11.5 Å². The normalized spacial score (nSPS) is 25.2. The number of phenols is 2. The molecule has 0 aliphatic carbocycles. The number of nitrogens with zero attached hydrogens (tertiary/aromatic N) is 1. The molecule has 0 radical (unpaired) electrons. The summed E-state index contributed by atoms with van der Waals surface area (Å²) in [4.78, 5) is 2.37. The summed E-state index contributed by atoms with van der Waals surface area (Å²) in [7, 11) is 0. The second kappa shape index (κ2) is 5.59. The molecule has 1 aromatic rings. The van der Waals surface area contributed by atoms with Crippen LogP contribution in [0.15, 0.2) is 18.2 Å². The number of hydrogen-bond acceptors (Lipinski definition) is 4. The lowest BCUT2D eigenvalue weighted by molar-refractivity contribution is 0.0990. The third kappa shape index (κ3) is 2.76. The third-order valence-electron chi connectivity index (χ3n) is 3.90. The molecule has 1 aromatic carbocycles. The number of aromatic hydroxyl groups is 2. The lowest BCUT2D eigenvalue weighted by atomic mass is 9.90. The minimum atomic E-state index is -0.0684. The Labute approximate surface area is 108 Å².